The lowest BCUT2D eigenvalue weighted by molar-refractivity contribution is 0.0981. The van der Waals surface area contributed by atoms with Crippen LogP contribution in [0.15, 0.2) is 48.8 Å². The Hall–Kier alpha value is -2.02. The normalized spacial score (nSPS) is 10.5. The van der Waals surface area contributed by atoms with Crippen LogP contribution in [0.5, 0.6) is 0 Å². The third-order valence-electron chi connectivity index (χ3n) is 3.14. The van der Waals surface area contributed by atoms with Crippen LogP contribution in [0.2, 0.25) is 5.02 Å². The van der Waals surface area contributed by atoms with Crippen molar-refractivity contribution in [3.63, 3.8) is 0 Å². The highest BCUT2D eigenvalue weighted by Gasteiger charge is 2.17. The number of fused-ring (bicyclic) bond motifs is 1. The van der Waals surface area contributed by atoms with Gasteiger partial charge in [-0.15, -0.1) is 11.3 Å². The van der Waals surface area contributed by atoms with Gasteiger partial charge < -0.3 is 5.32 Å². The maximum atomic E-state index is 12.3. The summed E-state index contributed by atoms with van der Waals surface area (Å²) in [6.45, 7) is 0.493. The molecule has 2 aromatic heterocycles. The molecule has 7 heteroatoms. The second-order valence-corrected chi connectivity index (χ2v) is 6.58. The number of aromatic nitrogens is 1. The molecule has 0 bridgehead atoms. The van der Waals surface area contributed by atoms with E-state index in [2.05, 4.69) is 15.6 Å². The Morgan fingerprint density at radius 1 is 1.26 bits per heavy atom. The molecular weight excluding hydrogens is 350 g/mol. The van der Waals surface area contributed by atoms with Gasteiger partial charge in [0.1, 0.15) is 4.88 Å². The van der Waals surface area contributed by atoms with Crippen molar-refractivity contribution in [2.45, 2.75) is 6.54 Å². The van der Waals surface area contributed by atoms with Gasteiger partial charge in [0.05, 0.1) is 5.02 Å². The van der Waals surface area contributed by atoms with Gasteiger partial charge in [-0.05, 0) is 29.9 Å². The molecule has 0 saturated heterocycles. The van der Waals surface area contributed by atoms with E-state index in [-0.39, 0.29) is 11.0 Å². The number of amides is 1. The highest BCUT2D eigenvalue weighted by molar-refractivity contribution is 7.80. The van der Waals surface area contributed by atoms with E-state index in [0.717, 1.165) is 15.6 Å². The minimum Gasteiger partial charge on any atom is -0.358 e. The fraction of sp³-hybridized carbons (Fsp3) is 0.0625. The van der Waals surface area contributed by atoms with Crippen molar-refractivity contribution in [2.24, 2.45) is 0 Å². The van der Waals surface area contributed by atoms with E-state index in [0.29, 0.717) is 16.4 Å². The Morgan fingerprint density at radius 2 is 2.09 bits per heavy atom. The van der Waals surface area contributed by atoms with Gasteiger partial charge in [-0.3, -0.25) is 15.1 Å². The zero-order chi connectivity index (χ0) is 16.2. The SMILES string of the molecule is O=C(NC(=S)NCc1cccnc1)c1sc2ccccc2c1Cl. The summed E-state index contributed by atoms with van der Waals surface area (Å²) < 4.78 is 0.969. The summed E-state index contributed by atoms with van der Waals surface area (Å²) in [5.41, 5.74) is 0.976. The lowest BCUT2D eigenvalue weighted by Crippen LogP contribution is -2.38. The smallest absolute Gasteiger partial charge is 0.269 e. The lowest BCUT2D eigenvalue weighted by atomic mass is 10.2. The minimum absolute atomic E-state index is 0.257. The Labute approximate surface area is 147 Å². The number of rotatable bonds is 3. The lowest BCUT2D eigenvalue weighted by Gasteiger charge is -2.08. The van der Waals surface area contributed by atoms with Gasteiger partial charge in [0.15, 0.2) is 5.11 Å². The second kappa shape index (κ2) is 7.04. The van der Waals surface area contributed by atoms with Crippen molar-refractivity contribution >= 4 is 56.3 Å². The summed E-state index contributed by atoms with van der Waals surface area (Å²) in [4.78, 5) is 16.8. The van der Waals surface area contributed by atoms with Gasteiger partial charge in [0.25, 0.3) is 5.91 Å². The highest BCUT2D eigenvalue weighted by atomic mass is 35.5. The summed E-state index contributed by atoms with van der Waals surface area (Å²) in [7, 11) is 0. The molecule has 0 atom stereocenters. The van der Waals surface area contributed by atoms with Gasteiger partial charge in [0.2, 0.25) is 0 Å². The molecule has 116 valence electrons. The molecule has 0 radical (unpaired) electrons. The summed E-state index contributed by atoms with van der Waals surface area (Å²) >= 11 is 12.8. The fourth-order valence-electron chi connectivity index (χ4n) is 2.05. The molecule has 1 amide bonds. The Kier molecular flexibility index (Phi) is 4.85. The molecule has 1 aromatic carbocycles. The Balaban J connectivity index is 1.66. The Morgan fingerprint density at radius 3 is 2.83 bits per heavy atom. The predicted octanol–water partition coefficient (Wildman–Crippen LogP) is 3.75. The largest absolute Gasteiger partial charge is 0.358 e. The maximum absolute atomic E-state index is 12.3. The molecule has 0 saturated carbocycles. The van der Waals surface area contributed by atoms with Crippen molar-refractivity contribution in [1.82, 2.24) is 15.6 Å². The summed E-state index contributed by atoms with van der Waals surface area (Å²) in [5.74, 6) is -0.306. The Bertz CT molecular complexity index is 864. The first-order chi connectivity index (χ1) is 11.1. The number of hydrogen-bond acceptors (Lipinski definition) is 4. The molecule has 0 aliphatic heterocycles. The number of hydrogen-bond donors (Lipinski definition) is 2. The number of nitrogens with one attached hydrogen (secondary N) is 2. The number of thiocarbonyl (C=S) groups is 1. The van der Waals surface area contributed by atoms with Crippen LogP contribution >= 0.6 is 35.2 Å². The second-order valence-electron chi connectivity index (χ2n) is 4.74. The first kappa shape index (κ1) is 15.9. The van der Waals surface area contributed by atoms with Crippen LogP contribution in [0.1, 0.15) is 15.2 Å². The standard InChI is InChI=1S/C16H12ClN3OS2/c17-13-11-5-1-2-6-12(11)23-14(13)15(21)20-16(22)19-9-10-4-3-7-18-8-10/h1-8H,9H2,(H2,19,20,21,22). The molecule has 2 N–H and O–H groups in total. The third-order valence-corrected chi connectivity index (χ3v) is 5.06. The topological polar surface area (TPSA) is 54.0 Å². The molecule has 4 nitrogen and oxygen atoms in total. The quantitative estimate of drug-likeness (QED) is 0.697. The van der Waals surface area contributed by atoms with Gasteiger partial charge in [-0.25, -0.2) is 0 Å². The molecule has 2 heterocycles. The van der Waals surface area contributed by atoms with Crippen LogP contribution in [-0.4, -0.2) is 16.0 Å². The molecule has 0 unspecified atom stereocenters. The summed E-state index contributed by atoms with van der Waals surface area (Å²) in [5, 5.41) is 7.22. The molecule has 3 aromatic rings. The molecule has 0 spiro atoms. The fourth-order valence-corrected chi connectivity index (χ4v) is 3.63. The zero-order valence-electron chi connectivity index (χ0n) is 11.9. The highest BCUT2D eigenvalue weighted by Crippen LogP contribution is 2.34. The van der Waals surface area contributed by atoms with Crippen LogP contribution in [0, 0.1) is 0 Å². The molecule has 3 rings (SSSR count). The number of pyridine rings is 1. The third kappa shape index (κ3) is 3.67. The average molecular weight is 362 g/mol. The van der Waals surface area contributed by atoms with E-state index in [9.17, 15) is 4.79 Å². The van der Waals surface area contributed by atoms with E-state index in [1.165, 1.54) is 11.3 Å². The van der Waals surface area contributed by atoms with Gasteiger partial charge in [-0.2, -0.15) is 0 Å². The van der Waals surface area contributed by atoms with Crippen LogP contribution in [-0.2, 0) is 6.54 Å². The van der Waals surface area contributed by atoms with E-state index < -0.39 is 0 Å². The van der Waals surface area contributed by atoms with E-state index >= 15 is 0 Å². The van der Waals surface area contributed by atoms with Crippen LogP contribution < -0.4 is 10.6 Å². The molecular formula is C16H12ClN3OS2. The number of carbonyl (C=O) groups excluding carboxylic acids is 1. The van der Waals surface area contributed by atoms with Gasteiger partial charge in [-0.1, -0.05) is 35.9 Å². The van der Waals surface area contributed by atoms with E-state index in [1.807, 2.05) is 36.4 Å². The number of benzene rings is 1. The molecule has 0 aliphatic rings. The van der Waals surface area contributed by atoms with Crippen molar-refractivity contribution in [2.75, 3.05) is 0 Å². The minimum atomic E-state index is -0.306. The number of thiophene rings is 1. The van der Waals surface area contributed by atoms with E-state index in [4.69, 9.17) is 23.8 Å². The zero-order valence-corrected chi connectivity index (χ0v) is 14.3. The van der Waals surface area contributed by atoms with Crippen LogP contribution in [0.25, 0.3) is 10.1 Å². The monoisotopic (exact) mass is 361 g/mol. The van der Waals surface area contributed by atoms with Crippen molar-refractivity contribution in [3.8, 4) is 0 Å². The number of nitrogens with zero attached hydrogens (tertiary/aromatic N) is 1. The van der Waals surface area contributed by atoms with Crippen molar-refractivity contribution in [1.29, 1.82) is 0 Å². The molecule has 23 heavy (non-hydrogen) atoms. The average Bonchev–Trinajstić information content (AvgIpc) is 2.91. The first-order valence-electron chi connectivity index (χ1n) is 6.80. The van der Waals surface area contributed by atoms with Crippen molar-refractivity contribution < 1.29 is 4.79 Å². The van der Waals surface area contributed by atoms with E-state index in [1.54, 1.807) is 12.4 Å². The van der Waals surface area contributed by atoms with Gasteiger partial charge in [0, 0.05) is 29.0 Å². The molecule has 0 aliphatic carbocycles. The van der Waals surface area contributed by atoms with Crippen molar-refractivity contribution in [3.05, 3.63) is 64.3 Å². The first-order valence-corrected chi connectivity index (χ1v) is 8.40. The molecule has 0 fully saturated rings. The van der Waals surface area contributed by atoms with Crippen LogP contribution in [0.4, 0.5) is 0 Å². The van der Waals surface area contributed by atoms with Gasteiger partial charge >= 0.3 is 0 Å². The summed E-state index contributed by atoms with van der Waals surface area (Å²) in [6, 6.07) is 11.4. The summed E-state index contributed by atoms with van der Waals surface area (Å²) in [6.07, 6.45) is 3.44. The predicted molar refractivity (Wildman–Crippen MR) is 98.0 cm³/mol. The number of carbonyl (C=O) groups is 1. The number of halogens is 1. The van der Waals surface area contributed by atoms with Crippen LogP contribution in [0.3, 0.4) is 0 Å². The maximum Gasteiger partial charge on any atom is 0.269 e.